The predicted molar refractivity (Wildman–Crippen MR) is 179 cm³/mol. The van der Waals surface area contributed by atoms with E-state index in [0.29, 0.717) is 46.4 Å². The van der Waals surface area contributed by atoms with E-state index in [1.165, 1.54) is 6.07 Å². The van der Waals surface area contributed by atoms with Gasteiger partial charge in [0, 0.05) is 72.5 Å². The van der Waals surface area contributed by atoms with Gasteiger partial charge in [0.1, 0.15) is 41.0 Å². The third kappa shape index (κ3) is 4.73. The molecule has 4 fully saturated rings. The van der Waals surface area contributed by atoms with E-state index in [1.54, 1.807) is 6.07 Å². The zero-order chi connectivity index (χ0) is 33.6. The zero-order valence-corrected chi connectivity index (χ0v) is 27.7. The van der Waals surface area contributed by atoms with Gasteiger partial charge < -0.3 is 25.2 Å². The maximum absolute atomic E-state index is 17.4. The number of piperidine rings is 1. The predicted octanol–water partition coefficient (Wildman–Crippen LogP) is 4.87. The molecule has 3 N–H and O–H groups in total. The van der Waals surface area contributed by atoms with E-state index in [2.05, 4.69) is 25.8 Å². The molecule has 0 spiro atoms. The van der Waals surface area contributed by atoms with Gasteiger partial charge in [-0.15, -0.1) is 11.3 Å². The SMILES string of the molecule is N#Cc1c(N)sc2ccc(F)c(-c3c4c(c5c(N6C7CC6CN(CCCO)C7)nc(OCC67CCCN6C[C@H](F)C7)nc5c3F)COC4)c12. The molecule has 7 heterocycles. The van der Waals surface area contributed by atoms with Crippen LogP contribution >= 0.6 is 11.3 Å². The lowest BCUT2D eigenvalue weighted by Gasteiger charge is -2.57. The van der Waals surface area contributed by atoms with Gasteiger partial charge in [0.15, 0.2) is 5.82 Å². The highest BCUT2D eigenvalue weighted by molar-refractivity contribution is 7.23. The molecule has 0 radical (unpaired) electrons. The Balaban J connectivity index is 1.22. The number of ether oxygens (including phenoxy) is 2. The molecule has 0 saturated carbocycles. The highest BCUT2D eigenvalue weighted by Gasteiger charge is 2.50. The number of aromatic nitrogens is 2. The van der Waals surface area contributed by atoms with Gasteiger partial charge in [-0.3, -0.25) is 9.80 Å². The normalized spacial score (nSPS) is 26.3. The van der Waals surface area contributed by atoms with Gasteiger partial charge in [0.2, 0.25) is 0 Å². The number of piperazine rings is 1. The Hall–Kier alpha value is -3.74. The second-order valence-electron chi connectivity index (χ2n) is 14.1. The first kappa shape index (κ1) is 31.3. The first-order chi connectivity index (χ1) is 23.8. The minimum atomic E-state index is -0.934. The maximum atomic E-state index is 17.4. The Morgan fingerprint density at radius 1 is 1.12 bits per heavy atom. The van der Waals surface area contributed by atoms with Crippen LogP contribution < -0.4 is 15.4 Å². The summed E-state index contributed by atoms with van der Waals surface area (Å²) in [4.78, 5) is 16.4. The largest absolute Gasteiger partial charge is 0.461 e. The Labute approximate surface area is 284 Å². The molecule has 0 aliphatic carbocycles. The van der Waals surface area contributed by atoms with E-state index in [-0.39, 0.29) is 77.1 Å². The van der Waals surface area contributed by atoms with Crippen LogP contribution in [0.4, 0.5) is 24.0 Å². The molecule has 256 valence electrons. The molecule has 4 atom stereocenters. The minimum absolute atomic E-state index is 0.00334. The van der Waals surface area contributed by atoms with Crippen molar-refractivity contribution in [1.82, 2.24) is 19.8 Å². The van der Waals surface area contributed by atoms with Crippen LogP contribution in [0.2, 0.25) is 0 Å². The van der Waals surface area contributed by atoms with Crippen molar-refractivity contribution in [2.45, 2.75) is 69.1 Å². The number of nitrogens with two attached hydrogens (primary N) is 1. The topological polar surface area (TPSA) is 124 Å². The number of thiophene rings is 1. The smallest absolute Gasteiger partial charge is 0.319 e. The highest BCUT2D eigenvalue weighted by Crippen LogP contribution is 2.50. The van der Waals surface area contributed by atoms with E-state index in [4.69, 9.17) is 20.2 Å². The lowest BCUT2D eigenvalue weighted by molar-refractivity contribution is 0.103. The molecule has 3 unspecified atom stereocenters. The molecule has 5 aliphatic rings. The average molecular weight is 692 g/mol. The number of nitrogen functional groups attached to an aromatic ring is 1. The summed E-state index contributed by atoms with van der Waals surface area (Å²) in [6, 6.07) is 5.16. The number of anilines is 2. The molecular formula is C35H36F3N7O3S. The van der Waals surface area contributed by atoms with Crippen molar-refractivity contribution in [2.75, 3.05) is 56.6 Å². The van der Waals surface area contributed by atoms with Crippen molar-refractivity contribution >= 4 is 43.1 Å². The second kappa shape index (κ2) is 11.7. The molecule has 2 bridgehead atoms. The van der Waals surface area contributed by atoms with E-state index >= 15 is 8.78 Å². The number of alkyl halides is 1. The fourth-order valence-electron chi connectivity index (χ4n) is 9.21. The van der Waals surface area contributed by atoms with E-state index in [9.17, 15) is 14.8 Å². The number of fused-ring (bicyclic) bond motifs is 7. The summed E-state index contributed by atoms with van der Waals surface area (Å²) in [5, 5.41) is 20.4. The van der Waals surface area contributed by atoms with E-state index < -0.39 is 23.3 Å². The second-order valence-corrected chi connectivity index (χ2v) is 15.2. The molecule has 10 nitrogen and oxygen atoms in total. The van der Waals surface area contributed by atoms with Crippen LogP contribution in [0.1, 0.15) is 48.8 Å². The van der Waals surface area contributed by atoms with Crippen molar-refractivity contribution in [3.8, 4) is 23.2 Å². The quantitative estimate of drug-likeness (QED) is 0.265. The molecule has 9 rings (SSSR count). The van der Waals surface area contributed by atoms with Crippen molar-refractivity contribution in [1.29, 1.82) is 5.26 Å². The van der Waals surface area contributed by atoms with E-state index in [1.807, 2.05) is 0 Å². The molecule has 2 aromatic heterocycles. The number of hydrogen-bond acceptors (Lipinski definition) is 11. The molecule has 14 heteroatoms. The van der Waals surface area contributed by atoms with Gasteiger partial charge in [-0.1, -0.05) is 0 Å². The summed E-state index contributed by atoms with van der Waals surface area (Å²) in [7, 11) is 0. The third-order valence-electron chi connectivity index (χ3n) is 11.3. The summed E-state index contributed by atoms with van der Waals surface area (Å²) < 4.78 is 60.9. The van der Waals surface area contributed by atoms with Crippen LogP contribution in [-0.4, -0.2) is 94.6 Å². The molecule has 2 aromatic carbocycles. The molecule has 4 aromatic rings. The zero-order valence-electron chi connectivity index (χ0n) is 26.9. The van der Waals surface area contributed by atoms with Crippen molar-refractivity contribution in [3.63, 3.8) is 0 Å². The van der Waals surface area contributed by atoms with Gasteiger partial charge in [-0.05, 0) is 55.5 Å². The van der Waals surface area contributed by atoms with Crippen LogP contribution in [-0.2, 0) is 18.0 Å². The van der Waals surface area contributed by atoms with Crippen molar-refractivity contribution in [3.05, 3.63) is 40.5 Å². The number of aliphatic hydroxyl groups excluding tert-OH is 1. The number of hydrogen-bond donors (Lipinski definition) is 2. The number of benzene rings is 2. The van der Waals surface area contributed by atoms with Crippen LogP contribution in [0.15, 0.2) is 12.1 Å². The Morgan fingerprint density at radius 3 is 2.73 bits per heavy atom. The average Bonchev–Trinajstić information content (AvgIpc) is 3.86. The van der Waals surface area contributed by atoms with Crippen LogP contribution in [0.25, 0.3) is 32.1 Å². The van der Waals surface area contributed by atoms with Crippen LogP contribution in [0.3, 0.4) is 0 Å². The molecule has 5 aliphatic heterocycles. The Bertz CT molecular complexity index is 2040. The number of aliphatic hydroxyl groups is 1. The fourth-order valence-corrected chi connectivity index (χ4v) is 10.1. The Morgan fingerprint density at radius 2 is 1.94 bits per heavy atom. The summed E-state index contributed by atoms with van der Waals surface area (Å²) in [6.07, 6.45) is 2.82. The number of halogens is 3. The summed E-state index contributed by atoms with van der Waals surface area (Å²) in [5.41, 5.74) is 6.97. The summed E-state index contributed by atoms with van der Waals surface area (Å²) in [5.74, 6) is -0.863. The highest BCUT2D eigenvalue weighted by atomic mass is 32.1. The van der Waals surface area contributed by atoms with Crippen LogP contribution in [0.5, 0.6) is 6.01 Å². The minimum Gasteiger partial charge on any atom is -0.461 e. The first-order valence-electron chi connectivity index (χ1n) is 17.0. The van der Waals surface area contributed by atoms with Gasteiger partial charge in [-0.25, -0.2) is 13.2 Å². The number of rotatable bonds is 8. The number of nitriles is 1. The summed E-state index contributed by atoms with van der Waals surface area (Å²) in [6.45, 7) is 4.03. The number of likely N-dealkylation sites (tertiary alicyclic amines) is 1. The fraction of sp³-hybridized carbons (Fsp3) is 0.514. The van der Waals surface area contributed by atoms with Gasteiger partial charge >= 0.3 is 6.01 Å². The third-order valence-corrected chi connectivity index (χ3v) is 12.3. The van der Waals surface area contributed by atoms with Crippen molar-refractivity contribution in [2.24, 2.45) is 0 Å². The maximum Gasteiger partial charge on any atom is 0.319 e. The van der Waals surface area contributed by atoms with Gasteiger partial charge in [0.05, 0.1) is 29.7 Å². The number of nitrogens with zero attached hydrogens (tertiary/aromatic N) is 6. The summed E-state index contributed by atoms with van der Waals surface area (Å²) >= 11 is 1.16. The van der Waals surface area contributed by atoms with Gasteiger partial charge in [-0.2, -0.15) is 15.2 Å². The monoisotopic (exact) mass is 691 g/mol. The van der Waals surface area contributed by atoms with Gasteiger partial charge in [0.25, 0.3) is 0 Å². The Kier molecular flexibility index (Phi) is 7.44. The molecular weight excluding hydrogens is 655 g/mol. The molecule has 4 saturated heterocycles. The van der Waals surface area contributed by atoms with E-state index in [0.717, 1.165) is 56.8 Å². The molecule has 0 amide bonds. The molecule has 49 heavy (non-hydrogen) atoms. The lowest BCUT2D eigenvalue weighted by atomic mass is 9.85. The van der Waals surface area contributed by atoms with Crippen molar-refractivity contribution < 1.29 is 27.8 Å². The first-order valence-corrected chi connectivity index (χ1v) is 17.8. The lowest BCUT2D eigenvalue weighted by Crippen LogP contribution is -2.69. The standard InChI is InChI=1S/C35H36F3N7O3S/c36-18-10-35(5-1-7-44(35)12-18)17-48-34-41-31-28(33(42-34)45-19-9-20(45)14-43(13-19)6-2-8-46)23-16-47-15-22(23)27(30(31)38)29-24(37)3-4-25-26(29)21(11-39)32(40)49-25/h3-4,18-20,46H,1-2,5-10,12-17,40H2/t18-,19?,20?,35?/m1/s1. The van der Waals surface area contributed by atoms with Crippen LogP contribution in [0, 0.1) is 23.0 Å².